The molecule has 2 aromatic carbocycles. The molecule has 204 valence electrons. The minimum Gasteiger partial charge on any atom is -0.494 e. The predicted molar refractivity (Wildman–Crippen MR) is 155 cm³/mol. The Kier molecular flexibility index (Phi) is 6.52. The first kappa shape index (κ1) is 25.0. The van der Waals surface area contributed by atoms with Crippen LogP contribution in [0.5, 0.6) is 11.5 Å². The molecule has 0 aromatic heterocycles. The van der Waals surface area contributed by atoms with Crippen LogP contribution in [0.3, 0.4) is 0 Å². The predicted octanol–water partition coefficient (Wildman–Crippen LogP) is 9.11. The maximum absolute atomic E-state index is 6.05. The molecule has 0 radical (unpaired) electrons. The zero-order valence-corrected chi connectivity index (χ0v) is 23.8. The molecule has 0 spiro atoms. The molecule has 7 aliphatic carbocycles. The number of hydrogen-bond acceptors (Lipinski definition) is 2. The van der Waals surface area contributed by atoms with E-state index in [1.807, 2.05) is 0 Å². The second kappa shape index (κ2) is 9.90. The Hall–Kier alpha value is -1.96. The van der Waals surface area contributed by atoms with E-state index < -0.39 is 0 Å². The summed E-state index contributed by atoms with van der Waals surface area (Å²) in [5, 5.41) is 0. The molecule has 8 bridgehead atoms. The SMILES string of the molecule is CCCCCOc1ccc(C23CC4C5CC6(c7ccc(OCCCCC)cc7)C[C@H]4C(C2)[C@H](C6)C5C3)cc1. The van der Waals surface area contributed by atoms with Crippen LogP contribution in [-0.2, 0) is 10.8 Å². The van der Waals surface area contributed by atoms with E-state index in [2.05, 4.69) is 62.4 Å². The lowest BCUT2D eigenvalue weighted by atomic mass is 9.29. The maximum Gasteiger partial charge on any atom is 0.119 e. The lowest BCUT2D eigenvalue weighted by Crippen LogP contribution is -2.69. The van der Waals surface area contributed by atoms with Crippen molar-refractivity contribution in [1.82, 2.24) is 0 Å². The summed E-state index contributed by atoms with van der Waals surface area (Å²) in [5.41, 5.74) is 4.13. The van der Waals surface area contributed by atoms with Gasteiger partial charge in [-0.05, 0) is 133 Å². The smallest absolute Gasteiger partial charge is 0.119 e. The Labute approximate surface area is 230 Å². The third-order valence-electron chi connectivity index (χ3n) is 12.0. The average molecular weight is 513 g/mol. The molecular formula is C36H48O2. The molecule has 2 heteroatoms. The van der Waals surface area contributed by atoms with Crippen LogP contribution in [-0.4, -0.2) is 13.2 Å². The van der Waals surface area contributed by atoms with E-state index >= 15 is 0 Å². The van der Waals surface area contributed by atoms with Crippen molar-refractivity contribution in [3.8, 4) is 11.5 Å². The van der Waals surface area contributed by atoms with Crippen LogP contribution in [0.15, 0.2) is 48.5 Å². The highest BCUT2D eigenvalue weighted by Gasteiger charge is 2.70. The molecule has 9 rings (SSSR count). The summed E-state index contributed by atoms with van der Waals surface area (Å²) in [6.45, 7) is 6.21. The van der Waals surface area contributed by atoms with Gasteiger partial charge in [-0.3, -0.25) is 0 Å². The molecule has 38 heavy (non-hydrogen) atoms. The Morgan fingerprint density at radius 1 is 0.500 bits per heavy atom. The van der Waals surface area contributed by atoms with Crippen LogP contribution in [0.2, 0.25) is 0 Å². The van der Waals surface area contributed by atoms with Crippen molar-refractivity contribution in [2.45, 2.75) is 102 Å². The minimum atomic E-state index is 0.443. The Balaban J connectivity index is 1.05. The van der Waals surface area contributed by atoms with Gasteiger partial charge in [-0.2, -0.15) is 0 Å². The van der Waals surface area contributed by atoms with Gasteiger partial charge in [-0.25, -0.2) is 0 Å². The molecule has 7 aliphatic rings. The van der Waals surface area contributed by atoms with Crippen molar-refractivity contribution in [2.24, 2.45) is 35.5 Å². The fourth-order valence-electron chi connectivity index (χ4n) is 10.5. The van der Waals surface area contributed by atoms with Crippen molar-refractivity contribution in [3.63, 3.8) is 0 Å². The highest BCUT2D eigenvalue weighted by molar-refractivity contribution is 5.40. The van der Waals surface area contributed by atoms with E-state index in [1.165, 1.54) is 64.2 Å². The molecule has 0 N–H and O–H groups in total. The second-order valence-electron chi connectivity index (χ2n) is 13.9. The number of rotatable bonds is 12. The van der Waals surface area contributed by atoms with Crippen LogP contribution in [0.4, 0.5) is 0 Å². The van der Waals surface area contributed by atoms with Gasteiger partial charge < -0.3 is 9.47 Å². The van der Waals surface area contributed by atoms with Crippen molar-refractivity contribution in [1.29, 1.82) is 0 Å². The third-order valence-corrected chi connectivity index (χ3v) is 12.0. The quantitative estimate of drug-likeness (QED) is 0.264. The largest absolute Gasteiger partial charge is 0.494 e. The molecule has 0 unspecified atom stereocenters. The van der Waals surface area contributed by atoms with Gasteiger partial charge in [-0.15, -0.1) is 0 Å². The topological polar surface area (TPSA) is 18.5 Å². The van der Waals surface area contributed by atoms with E-state index in [1.54, 1.807) is 11.1 Å². The van der Waals surface area contributed by atoms with Crippen LogP contribution in [0.25, 0.3) is 0 Å². The van der Waals surface area contributed by atoms with E-state index in [0.29, 0.717) is 10.8 Å². The van der Waals surface area contributed by atoms with Gasteiger partial charge in [-0.1, -0.05) is 63.8 Å². The normalized spacial score (nSPS) is 37.6. The van der Waals surface area contributed by atoms with Crippen LogP contribution >= 0.6 is 0 Å². The molecule has 7 fully saturated rings. The summed E-state index contributed by atoms with van der Waals surface area (Å²) >= 11 is 0. The van der Waals surface area contributed by atoms with E-state index in [9.17, 15) is 0 Å². The van der Waals surface area contributed by atoms with Crippen molar-refractivity contribution in [3.05, 3.63) is 59.7 Å². The lowest BCUT2D eigenvalue weighted by Gasteiger charge is -2.75. The monoisotopic (exact) mass is 512 g/mol. The van der Waals surface area contributed by atoms with E-state index in [0.717, 1.165) is 73.1 Å². The van der Waals surface area contributed by atoms with Crippen molar-refractivity contribution < 1.29 is 9.47 Å². The van der Waals surface area contributed by atoms with Gasteiger partial charge in [0.2, 0.25) is 0 Å². The number of unbranched alkanes of at least 4 members (excludes halogenated alkanes) is 4. The summed E-state index contributed by atoms with van der Waals surface area (Å²) in [7, 11) is 0. The molecule has 7 saturated carbocycles. The molecule has 2 aromatic rings. The maximum atomic E-state index is 6.05. The van der Waals surface area contributed by atoms with Crippen LogP contribution < -0.4 is 9.47 Å². The van der Waals surface area contributed by atoms with Gasteiger partial charge in [0.05, 0.1) is 13.2 Å². The van der Waals surface area contributed by atoms with Gasteiger partial charge in [0, 0.05) is 0 Å². The van der Waals surface area contributed by atoms with Gasteiger partial charge >= 0.3 is 0 Å². The summed E-state index contributed by atoms with van der Waals surface area (Å²) in [5.74, 6) is 7.89. The first-order valence-corrected chi connectivity index (χ1v) is 16.1. The Morgan fingerprint density at radius 2 is 0.816 bits per heavy atom. The number of hydrogen-bond donors (Lipinski definition) is 0. The second-order valence-corrected chi connectivity index (χ2v) is 13.9. The zero-order chi connectivity index (χ0) is 25.7. The average Bonchev–Trinajstić information content (AvgIpc) is 2.96. The van der Waals surface area contributed by atoms with Crippen molar-refractivity contribution in [2.75, 3.05) is 13.2 Å². The highest BCUT2D eigenvalue weighted by Crippen LogP contribution is 2.77. The van der Waals surface area contributed by atoms with E-state index in [-0.39, 0.29) is 0 Å². The lowest BCUT2D eigenvalue weighted by molar-refractivity contribution is -0.221. The summed E-state index contributed by atoms with van der Waals surface area (Å²) in [4.78, 5) is 0. The Morgan fingerprint density at radius 3 is 1.11 bits per heavy atom. The van der Waals surface area contributed by atoms with Gasteiger partial charge in [0.25, 0.3) is 0 Å². The zero-order valence-electron chi connectivity index (χ0n) is 23.8. The first-order valence-electron chi connectivity index (χ1n) is 16.1. The Bertz CT molecular complexity index is 947. The standard InChI is InChI=1S/C36H48O2/c1-3-5-7-17-37-27-13-9-25(10-14-27)35-19-29-32-22-36(23-33(29)31(21-35)34(24-36)30(32)20-35)26-11-15-28(16-12-26)38-18-8-6-4-2/h9-16,29-34H,3-8,17-24H2,1-2H3/t29-,30-,31?,32?,33?,34?,35?,36?/m0/s1. The van der Waals surface area contributed by atoms with Crippen LogP contribution in [0, 0.1) is 35.5 Å². The molecule has 0 atom stereocenters. The highest BCUT2D eigenvalue weighted by atomic mass is 16.5. The molecule has 0 heterocycles. The van der Waals surface area contributed by atoms with Gasteiger partial charge in [0.1, 0.15) is 11.5 Å². The first-order chi connectivity index (χ1) is 18.6. The summed E-state index contributed by atoms with van der Waals surface area (Å²) < 4.78 is 12.1. The number of benzene rings is 2. The summed E-state index contributed by atoms with van der Waals surface area (Å²) in [6, 6.07) is 18.8. The van der Waals surface area contributed by atoms with Gasteiger partial charge in [0.15, 0.2) is 0 Å². The molecule has 0 saturated heterocycles. The molecule has 2 nitrogen and oxygen atoms in total. The van der Waals surface area contributed by atoms with Crippen molar-refractivity contribution >= 4 is 0 Å². The fourth-order valence-corrected chi connectivity index (χ4v) is 10.5. The minimum absolute atomic E-state index is 0.443. The van der Waals surface area contributed by atoms with Crippen LogP contribution in [0.1, 0.15) is 102 Å². The number of ether oxygens (including phenoxy) is 2. The molecule has 0 aliphatic heterocycles. The molecule has 0 amide bonds. The fraction of sp³-hybridized carbons (Fsp3) is 0.667. The van der Waals surface area contributed by atoms with E-state index in [4.69, 9.17) is 9.47 Å². The molecular weight excluding hydrogens is 464 g/mol. The summed E-state index contributed by atoms with van der Waals surface area (Å²) in [6.07, 6.45) is 16.0. The third kappa shape index (κ3) is 4.03.